The molecule has 0 amide bonds. The molecule has 0 rings (SSSR count). The number of nitrogens with one attached hydrogen (secondary N) is 2. The molecular weight excluding hydrogens is 108 g/mol. The highest BCUT2D eigenvalue weighted by Gasteiger charge is 1.87. The van der Waals surface area contributed by atoms with Gasteiger partial charge in [0.1, 0.15) is 5.04 Å². The highest BCUT2D eigenvalue weighted by molar-refractivity contribution is 7.97. The van der Waals surface area contributed by atoms with E-state index in [-0.39, 0.29) is 5.04 Å². The fraction of sp³-hybridized carbons (Fsp3) is 0.250. The van der Waals surface area contributed by atoms with Gasteiger partial charge in [0.15, 0.2) is 0 Å². The zero-order valence-corrected chi connectivity index (χ0v) is 5.05. The molecule has 0 heterocycles. The van der Waals surface area contributed by atoms with Gasteiger partial charge in [0.05, 0.1) is 5.70 Å². The minimum absolute atomic E-state index is 0.183. The predicted molar refractivity (Wildman–Crippen MR) is 34.9 cm³/mol. The van der Waals surface area contributed by atoms with Crippen LogP contribution in [0.2, 0.25) is 0 Å². The highest BCUT2D eigenvalue weighted by atomic mass is 32.1. The first-order valence-electron chi connectivity index (χ1n) is 1.83. The van der Waals surface area contributed by atoms with Crippen LogP contribution in [0, 0.1) is 5.41 Å². The van der Waals surface area contributed by atoms with E-state index in [9.17, 15) is 0 Å². The van der Waals surface area contributed by atoms with Crippen molar-refractivity contribution < 1.29 is 0 Å². The second-order valence-electron chi connectivity index (χ2n) is 1.08. The molecule has 0 radical (unpaired) electrons. The first-order chi connectivity index (χ1) is 3.18. The maximum absolute atomic E-state index is 6.80. The summed E-state index contributed by atoms with van der Waals surface area (Å²) < 4.78 is 0. The van der Waals surface area contributed by atoms with Crippen LogP contribution in [0.1, 0.15) is 0 Å². The maximum Gasteiger partial charge on any atom is 0.107 e. The van der Waals surface area contributed by atoms with Crippen molar-refractivity contribution >= 4 is 17.7 Å². The van der Waals surface area contributed by atoms with Gasteiger partial charge in [-0.3, -0.25) is 5.41 Å². The molecule has 0 atom stereocenters. The summed E-state index contributed by atoms with van der Waals surface area (Å²) in [5.41, 5.74) is 0.545. The smallest absolute Gasteiger partial charge is 0.107 e. The van der Waals surface area contributed by atoms with Gasteiger partial charge in [0, 0.05) is 7.05 Å². The maximum atomic E-state index is 6.80. The second-order valence-corrected chi connectivity index (χ2v) is 1.52. The van der Waals surface area contributed by atoms with Crippen LogP contribution in [0.25, 0.3) is 0 Å². The Morgan fingerprint density at radius 1 is 1.86 bits per heavy atom. The van der Waals surface area contributed by atoms with Gasteiger partial charge in [-0.25, -0.2) is 0 Å². The van der Waals surface area contributed by atoms with Gasteiger partial charge in [0.2, 0.25) is 0 Å². The van der Waals surface area contributed by atoms with Crippen LogP contribution in [0.4, 0.5) is 0 Å². The van der Waals surface area contributed by atoms with Gasteiger partial charge in [-0.05, 0) is 0 Å². The summed E-state index contributed by atoms with van der Waals surface area (Å²) in [5.74, 6) is 0. The Kier molecular flexibility index (Phi) is 2.52. The molecule has 0 bridgehead atoms. The molecule has 2 N–H and O–H groups in total. The van der Waals surface area contributed by atoms with E-state index in [0.29, 0.717) is 5.70 Å². The van der Waals surface area contributed by atoms with Crippen LogP contribution in [0.5, 0.6) is 0 Å². The third-order valence-corrected chi connectivity index (χ3v) is 0.858. The first-order valence-corrected chi connectivity index (χ1v) is 2.27. The molecule has 0 fully saturated rings. The van der Waals surface area contributed by atoms with Gasteiger partial charge in [-0.1, -0.05) is 6.58 Å². The fourth-order valence-corrected chi connectivity index (χ4v) is 0.230. The molecule has 2 nitrogen and oxygen atoms in total. The molecule has 7 heavy (non-hydrogen) atoms. The van der Waals surface area contributed by atoms with Crippen LogP contribution in [-0.4, -0.2) is 12.1 Å². The molecular formula is C4H8N2S. The molecule has 40 valence electrons. The van der Waals surface area contributed by atoms with Crippen LogP contribution < -0.4 is 5.32 Å². The zero-order valence-electron chi connectivity index (χ0n) is 4.15. The SMILES string of the molecule is C=C(NC)C(=N)S. The van der Waals surface area contributed by atoms with Crippen molar-refractivity contribution in [2.24, 2.45) is 0 Å². The summed E-state index contributed by atoms with van der Waals surface area (Å²) >= 11 is 3.69. The van der Waals surface area contributed by atoms with Crippen molar-refractivity contribution in [1.82, 2.24) is 5.32 Å². The van der Waals surface area contributed by atoms with E-state index < -0.39 is 0 Å². The van der Waals surface area contributed by atoms with E-state index in [1.165, 1.54) is 0 Å². The largest absolute Gasteiger partial charge is 0.386 e. The average molecular weight is 116 g/mol. The number of hydrogen-bond donors (Lipinski definition) is 3. The quantitative estimate of drug-likeness (QED) is 0.276. The van der Waals surface area contributed by atoms with Gasteiger partial charge in [-0.2, -0.15) is 0 Å². The standard InChI is InChI=1S/C4H8N2S/c1-3(6-2)4(5)7/h6H,1H2,2H3,(H2,5,7). The lowest BCUT2D eigenvalue weighted by Crippen LogP contribution is -2.08. The summed E-state index contributed by atoms with van der Waals surface area (Å²) in [6.45, 7) is 3.46. The van der Waals surface area contributed by atoms with Gasteiger partial charge < -0.3 is 5.32 Å². The van der Waals surface area contributed by atoms with Crippen molar-refractivity contribution in [3.8, 4) is 0 Å². The van der Waals surface area contributed by atoms with Crippen LogP contribution in [-0.2, 0) is 0 Å². The molecule has 3 heteroatoms. The Hall–Kier alpha value is -0.440. The highest BCUT2D eigenvalue weighted by Crippen LogP contribution is 1.87. The summed E-state index contributed by atoms with van der Waals surface area (Å²) in [7, 11) is 1.70. The van der Waals surface area contributed by atoms with Gasteiger partial charge in [-0.15, -0.1) is 12.6 Å². The first kappa shape index (κ1) is 6.56. The topological polar surface area (TPSA) is 35.9 Å². The molecule has 0 aliphatic carbocycles. The van der Waals surface area contributed by atoms with Crippen molar-refractivity contribution in [3.05, 3.63) is 12.3 Å². The molecule has 0 aromatic rings. The van der Waals surface area contributed by atoms with E-state index in [2.05, 4.69) is 24.5 Å². The van der Waals surface area contributed by atoms with E-state index in [1.54, 1.807) is 7.05 Å². The number of rotatable bonds is 2. The molecule has 0 spiro atoms. The Bertz CT molecular complexity index is 97.9. The molecule has 0 saturated carbocycles. The lowest BCUT2D eigenvalue weighted by molar-refractivity contribution is 1.06. The third-order valence-electron chi connectivity index (χ3n) is 0.588. The predicted octanol–water partition coefficient (Wildman–Crippen LogP) is 0.627. The Labute approximate surface area is 48.5 Å². The molecule has 0 unspecified atom stereocenters. The number of thiol groups is 1. The number of hydrogen-bond acceptors (Lipinski definition) is 2. The fourth-order valence-electron chi connectivity index (χ4n) is 0.118. The van der Waals surface area contributed by atoms with E-state index in [1.807, 2.05) is 0 Å². The normalized spacial score (nSPS) is 7.71. The minimum Gasteiger partial charge on any atom is -0.386 e. The van der Waals surface area contributed by atoms with Gasteiger partial charge in [0.25, 0.3) is 0 Å². The average Bonchev–Trinajstić information content (AvgIpc) is 1.65. The molecule has 0 aliphatic heterocycles. The summed E-state index contributed by atoms with van der Waals surface area (Å²) in [5, 5.41) is 9.65. The van der Waals surface area contributed by atoms with Crippen molar-refractivity contribution in [3.63, 3.8) is 0 Å². The Morgan fingerprint density at radius 2 is 2.29 bits per heavy atom. The van der Waals surface area contributed by atoms with Crippen LogP contribution >= 0.6 is 12.6 Å². The molecule has 0 aromatic heterocycles. The second kappa shape index (κ2) is 2.69. The lowest BCUT2D eigenvalue weighted by Gasteiger charge is -1.96. The van der Waals surface area contributed by atoms with Crippen molar-refractivity contribution in [2.75, 3.05) is 7.05 Å². The van der Waals surface area contributed by atoms with E-state index in [4.69, 9.17) is 5.41 Å². The summed E-state index contributed by atoms with van der Waals surface area (Å²) in [6, 6.07) is 0. The van der Waals surface area contributed by atoms with E-state index >= 15 is 0 Å². The molecule has 0 aromatic carbocycles. The van der Waals surface area contributed by atoms with Crippen LogP contribution in [0.15, 0.2) is 12.3 Å². The monoisotopic (exact) mass is 116 g/mol. The van der Waals surface area contributed by atoms with Crippen LogP contribution in [0.3, 0.4) is 0 Å². The summed E-state index contributed by atoms with van der Waals surface area (Å²) in [6.07, 6.45) is 0. The van der Waals surface area contributed by atoms with E-state index in [0.717, 1.165) is 0 Å². The Balaban J connectivity index is 3.58. The molecule has 0 saturated heterocycles. The Morgan fingerprint density at radius 3 is 2.29 bits per heavy atom. The van der Waals surface area contributed by atoms with Gasteiger partial charge >= 0.3 is 0 Å². The third kappa shape index (κ3) is 2.28. The minimum atomic E-state index is 0.183. The zero-order chi connectivity index (χ0) is 5.86. The van der Waals surface area contributed by atoms with Crippen molar-refractivity contribution in [2.45, 2.75) is 0 Å². The summed E-state index contributed by atoms with van der Waals surface area (Å²) in [4.78, 5) is 0. The lowest BCUT2D eigenvalue weighted by atomic mass is 10.5. The van der Waals surface area contributed by atoms with Crippen molar-refractivity contribution in [1.29, 1.82) is 5.41 Å². The molecule has 0 aliphatic rings.